The number of fused-ring (bicyclic) bond motifs is 7. The average Bonchev–Trinajstić information content (AvgIpc) is 3.28. The quantitative estimate of drug-likeness (QED) is 0.169. The molecular formula is C55H33N3. The first-order valence-corrected chi connectivity index (χ1v) is 19.7. The normalized spacial score (nSPS) is 11.8. The number of hydrogen-bond acceptors (Lipinski definition) is 3. The second kappa shape index (κ2) is 12.9. The molecule has 0 aliphatic heterocycles. The maximum absolute atomic E-state index is 5.28. The van der Waals surface area contributed by atoms with Gasteiger partial charge in [0.1, 0.15) is 0 Å². The molecule has 268 valence electrons. The zero-order valence-electron chi connectivity index (χ0n) is 31.4. The molecule has 0 unspecified atom stereocenters. The van der Waals surface area contributed by atoms with E-state index in [0.29, 0.717) is 0 Å². The fraction of sp³-hybridized carbons (Fsp3) is 0. The summed E-state index contributed by atoms with van der Waals surface area (Å²) >= 11 is 0. The van der Waals surface area contributed by atoms with Gasteiger partial charge in [-0.15, -0.1) is 0 Å². The van der Waals surface area contributed by atoms with Gasteiger partial charge in [0.25, 0.3) is 0 Å². The Kier molecular flexibility index (Phi) is 7.23. The van der Waals surface area contributed by atoms with Gasteiger partial charge in [0.15, 0.2) is 0 Å². The van der Waals surface area contributed by atoms with Gasteiger partial charge in [0, 0.05) is 32.8 Å². The lowest BCUT2D eigenvalue weighted by Gasteiger charge is -2.15. The summed E-state index contributed by atoms with van der Waals surface area (Å²) in [5, 5.41) is 12.9. The summed E-state index contributed by atoms with van der Waals surface area (Å²) in [7, 11) is 0. The van der Waals surface area contributed by atoms with E-state index in [9.17, 15) is 0 Å². The highest BCUT2D eigenvalue weighted by molar-refractivity contribution is 6.07. The zero-order valence-corrected chi connectivity index (χ0v) is 31.4. The molecule has 3 aromatic heterocycles. The van der Waals surface area contributed by atoms with Crippen molar-refractivity contribution < 1.29 is 0 Å². The van der Waals surface area contributed by atoms with Crippen molar-refractivity contribution in [2.24, 2.45) is 0 Å². The van der Waals surface area contributed by atoms with Crippen molar-refractivity contribution in [3.8, 4) is 44.9 Å². The molecule has 0 N–H and O–H groups in total. The molecule has 3 heteroatoms. The zero-order chi connectivity index (χ0) is 38.2. The van der Waals surface area contributed by atoms with E-state index >= 15 is 0 Å². The van der Waals surface area contributed by atoms with Gasteiger partial charge >= 0.3 is 0 Å². The Bertz CT molecular complexity index is 3500. The molecule has 0 bridgehead atoms. The SMILES string of the molecule is c1ccc2cc3nc(-c4cc(-c5ccc6cc7ccccc7cc6n5)cc(-c5ccc(-c6ccc7cc8ccccc8cc7n6)c6ccccc56)c4)ccc3cc2c1. The maximum atomic E-state index is 5.28. The van der Waals surface area contributed by atoms with Crippen LogP contribution < -0.4 is 0 Å². The van der Waals surface area contributed by atoms with Gasteiger partial charge < -0.3 is 0 Å². The first-order valence-electron chi connectivity index (χ1n) is 19.7. The Morgan fingerprint density at radius 1 is 0.224 bits per heavy atom. The van der Waals surface area contributed by atoms with Crippen LogP contribution in [0.2, 0.25) is 0 Å². The lowest BCUT2D eigenvalue weighted by atomic mass is 9.90. The Labute approximate surface area is 334 Å². The first kappa shape index (κ1) is 32.5. The molecule has 0 saturated carbocycles. The molecule has 0 saturated heterocycles. The second-order valence-corrected chi connectivity index (χ2v) is 15.3. The summed E-state index contributed by atoms with van der Waals surface area (Å²) in [6.07, 6.45) is 0. The van der Waals surface area contributed by atoms with Gasteiger partial charge in [-0.05, 0) is 127 Å². The molecular weight excluding hydrogens is 703 g/mol. The predicted molar refractivity (Wildman–Crippen MR) is 244 cm³/mol. The monoisotopic (exact) mass is 735 g/mol. The van der Waals surface area contributed by atoms with Crippen LogP contribution in [0.25, 0.3) is 121 Å². The summed E-state index contributed by atoms with van der Waals surface area (Å²) < 4.78 is 0. The van der Waals surface area contributed by atoms with Crippen molar-refractivity contribution >= 4 is 75.8 Å². The third-order valence-corrected chi connectivity index (χ3v) is 11.7. The van der Waals surface area contributed by atoms with Crippen LogP contribution in [0.15, 0.2) is 200 Å². The van der Waals surface area contributed by atoms with Crippen LogP contribution >= 0.6 is 0 Å². The second-order valence-electron chi connectivity index (χ2n) is 15.3. The number of aromatic nitrogens is 3. The van der Waals surface area contributed by atoms with Gasteiger partial charge in [-0.25, -0.2) is 15.0 Å². The first-order chi connectivity index (χ1) is 28.7. The van der Waals surface area contributed by atoms with Gasteiger partial charge in [-0.3, -0.25) is 0 Å². The molecule has 3 heterocycles. The number of nitrogens with zero attached hydrogens (tertiary/aromatic N) is 3. The summed E-state index contributed by atoms with van der Waals surface area (Å²) in [5.41, 5.74) is 11.2. The van der Waals surface area contributed by atoms with Crippen LogP contribution in [0.5, 0.6) is 0 Å². The molecule has 0 spiro atoms. The average molecular weight is 736 g/mol. The van der Waals surface area contributed by atoms with E-state index < -0.39 is 0 Å². The molecule has 0 aliphatic carbocycles. The van der Waals surface area contributed by atoms with Crippen LogP contribution in [0.1, 0.15) is 0 Å². The van der Waals surface area contributed by atoms with E-state index in [1.807, 2.05) is 0 Å². The number of hydrogen-bond donors (Lipinski definition) is 0. The van der Waals surface area contributed by atoms with Crippen LogP contribution in [-0.4, -0.2) is 15.0 Å². The summed E-state index contributed by atoms with van der Waals surface area (Å²) in [6, 6.07) is 71.8. The molecule has 58 heavy (non-hydrogen) atoms. The minimum Gasteiger partial charge on any atom is -0.248 e. The Hall–Kier alpha value is -7.75. The van der Waals surface area contributed by atoms with E-state index in [4.69, 9.17) is 15.0 Å². The van der Waals surface area contributed by atoms with Crippen molar-refractivity contribution in [1.82, 2.24) is 15.0 Å². The van der Waals surface area contributed by atoms with E-state index in [-0.39, 0.29) is 0 Å². The predicted octanol–water partition coefficient (Wildman–Crippen LogP) is 14.6. The van der Waals surface area contributed by atoms with Crippen LogP contribution in [-0.2, 0) is 0 Å². The van der Waals surface area contributed by atoms with Crippen molar-refractivity contribution in [2.45, 2.75) is 0 Å². The molecule has 0 radical (unpaired) electrons. The van der Waals surface area contributed by atoms with Crippen molar-refractivity contribution in [3.05, 3.63) is 200 Å². The maximum Gasteiger partial charge on any atom is 0.0715 e. The molecule has 0 aliphatic rings. The molecule has 3 nitrogen and oxygen atoms in total. The highest BCUT2D eigenvalue weighted by Crippen LogP contribution is 2.40. The van der Waals surface area contributed by atoms with Crippen molar-refractivity contribution in [1.29, 1.82) is 0 Å². The van der Waals surface area contributed by atoms with E-state index in [1.54, 1.807) is 0 Å². The largest absolute Gasteiger partial charge is 0.248 e. The van der Waals surface area contributed by atoms with Gasteiger partial charge in [-0.1, -0.05) is 127 Å². The van der Waals surface area contributed by atoms with Gasteiger partial charge in [0.2, 0.25) is 0 Å². The van der Waals surface area contributed by atoms with E-state index in [2.05, 4.69) is 200 Å². The Balaban J connectivity index is 1.04. The summed E-state index contributed by atoms with van der Waals surface area (Å²) in [5.74, 6) is 0. The van der Waals surface area contributed by atoms with Gasteiger partial charge in [0.05, 0.1) is 33.6 Å². The summed E-state index contributed by atoms with van der Waals surface area (Å²) in [6.45, 7) is 0. The Morgan fingerprint density at radius 2 is 0.569 bits per heavy atom. The van der Waals surface area contributed by atoms with E-state index in [1.165, 1.54) is 37.7 Å². The molecule has 9 aromatic carbocycles. The third kappa shape index (κ3) is 5.48. The minimum atomic E-state index is 0.923. The molecule has 0 amide bonds. The minimum absolute atomic E-state index is 0.923. The van der Waals surface area contributed by atoms with Crippen LogP contribution in [0, 0.1) is 0 Å². The highest BCUT2D eigenvalue weighted by atomic mass is 14.7. The highest BCUT2D eigenvalue weighted by Gasteiger charge is 2.16. The van der Waals surface area contributed by atoms with Gasteiger partial charge in [-0.2, -0.15) is 0 Å². The molecule has 0 atom stereocenters. The molecule has 0 fully saturated rings. The van der Waals surface area contributed by atoms with Crippen LogP contribution in [0.3, 0.4) is 0 Å². The Morgan fingerprint density at radius 3 is 1.03 bits per heavy atom. The topological polar surface area (TPSA) is 38.7 Å². The standard InChI is InChI=1S/C55H33N3/c1-4-12-37-31-53-40(25-34(37)9-1)17-22-50(56-53)44-28-43(29-45(30-44)51-23-18-41-26-35-10-2-5-13-38(35)32-54(41)57-51)46-20-21-49(48-16-8-7-15-47(46)48)52-24-19-42-27-36-11-3-6-14-39(36)33-55(42)58-52/h1-33H. The number of rotatable bonds is 4. The fourth-order valence-electron chi connectivity index (χ4n) is 8.76. The lowest BCUT2D eigenvalue weighted by molar-refractivity contribution is 1.38. The van der Waals surface area contributed by atoms with E-state index in [0.717, 1.165) is 83.0 Å². The smallest absolute Gasteiger partial charge is 0.0715 e. The van der Waals surface area contributed by atoms with Crippen molar-refractivity contribution in [2.75, 3.05) is 0 Å². The summed E-state index contributed by atoms with van der Waals surface area (Å²) in [4.78, 5) is 15.8. The van der Waals surface area contributed by atoms with Crippen molar-refractivity contribution in [3.63, 3.8) is 0 Å². The van der Waals surface area contributed by atoms with Crippen LogP contribution in [0.4, 0.5) is 0 Å². The number of pyridine rings is 3. The number of benzene rings is 9. The lowest BCUT2D eigenvalue weighted by Crippen LogP contribution is -1.93. The third-order valence-electron chi connectivity index (χ3n) is 11.7. The fourth-order valence-corrected chi connectivity index (χ4v) is 8.76. The molecule has 12 aromatic rings. The molecule has 12 rings (SSSR count).